The Kier molecular flexibility index (Phi) is 4.29. The maximum absolute atomic E-state index is 9.02. The SMILES string of the molecule is CC(C)c1nn(C)c(NCc2ccc(CO)cc2)c1N. The minimum atomic E-state index is 0.0696. The van der Waals surface area contributed by atoms with Crippen LogP contribution in [0.15, 0.2) is 24.3 Å². The van der Waals surface area contributed by atoms with Crippen LogP contribution in [0, 0.1) is 0 Å². The zero-order chi connectivity index (χ0) is 14.7. The van der Waals surface area contributed by atoms with Gasteiger partial charge in [-0.15, -0.1) is 0 Å². The van der Waals surface area contributed by atoms with Crippen LogP contribution < -0.4 is 11.1 Å². The van der Waals surface area contributed by atoms with Gasteiger partial charge >= 0.3 is 0 Å². The van der Waals surface area contributed by atoms with Crippen molar-refractivity contribution in [3.63, 3.8) is 0 Å². The lowest BCUT2D eigenvalue weighted by molar-refractivity contribution is 0.282. The normalized spacial score (nSPS) is 11.1. The number of hydrogen-bond acceptors (Lipinski definition) is 4. The van der Waals surface area contributed by atoms with Crippen molar-refractivity contribution >= 4 is 11.5 Å². The predicted molar refractivity (Wildman–Crippen MR) is 81.4 cm³/mol. The van der Waals surface area contributed by atoms with Gasteiger partial charge in [0.05, 0.1) is 18.0 Å². The van der Waals surface area contributed by atoms with E-state index in [9.17, 15) is 0 Å². The van der Waals surface area contributed by atoms with E-state index >= 15 is 0 Å². The van der Waals surface area contributed by atoms with E-state index < -0.39 is 0 Å². The number of aliphatic hydroxyl groups is 1. The van der Waals surface area contributed by atoms with Crippen molar-refractivity contribution in [2.45, 2.75) is 32.9 Å². The lowest BCUT2D eigenvalue weighted by Crippen LogP contribution is -2.06. The summed E-state index contributed by atoms with van der Waals surface area (Å²) in [4.78, 5) is 0. The summed E-state index contributed by atoms with van der Waals surface area (Å²) < 4.78 is 1.78. The number of rotatable bonds is 5. The van der Waals surface area contributed by atoms with Gasteiger partial charge in [0.2, 0.25) is 0 Å². The summed E-state index contributed by atoms with van der Waals surface area (Å²) >= 11 is 0. The molecule has 20 heavy (non-hydrogen) atoms. The van der Waals surface area contributed by atoms with Crippen LogP contribution in [-0.4, -0.2) is 14.9 Å². The van der Waals surface area contributed by atoms with Crippen molar-refractivity contribution in [1.29, 1.82) is 0 Å². The molecule has 0 fully saturated rings. The van der Waals surface area contributed by atoms with Crippen LogP contribution >= 0.6 is 0 Å². The molecule has 2 aromatic rings. The van der Waals surface area contributed by atoms with E-state index in [2.05, 4.69) is 24.3 Å². The number of hydrogen-bond donors (Lipinski definition) is 3. The van der Waals surface area contributed by atoms with Crippen molar-refractivity contribution in [2.24, 2.45) is 7.05 Å². The van der Waals surface area contributed by atoms with Crippen LogP contribution in [0.1, 0.15) is 36.6 Å². The molecule has 0 unspecified atom stereocenters. The van der Waals surface area contributed by atoms with Crippen LogP contribution in [0.4, 0.5) is 11.5 Å². The summed E-state index contributed by atoms with van der Waals surface area (Å²) in [6, 6.07) is 7.83. The molecular formula is C15H22N4O. The van der Waals surface area contributed by atoms with E-state index in [0.717, 1.165) is 28.3 Å². The van der Waals surface area contributed by atoms with Crippen molar-refractivity contribution in [2.75, 3.05) is 11.1 Å². The largest absolute Gasteiger partial charge is 0.394 e. The maximum atomic E-state index is 9.02. The molecule has 4 N–H and O–H groups in total. The molecular weight excluding hydrogens is 252 g/mol. The number of nitrogens with one attached hydrogen (secondary N) is 1. The van der Waals surface area contributed by atoms with Crippen LogP contribution in [0.3, 0.4) is 0 Å². The molecule has 0 radical (unpaired) electrons. The smallest absolute Gasteiger partial charge is 0.148 e. The number of aryl methyl sites for hydroxylation is 1. The molecule has 108 valence electrons. The van der Waals surface area contributed by atoms with Gasteiger partial charge in [0.25, 0.3) is 0 Å². The molecule has 5 nitrogen and oxygen atoms in total. The average molecular weight is 274 g/mol. The van der Waals surface area contributed by atoms with E-state index in [-0.39, 0.29) is 6.61 Å². The third kappa shape index (κ3) is 2.93. The van der Waals surface area contributed by atoms with Gasteiger partial charge < -0.3 is 16.2 Å². The third-order valence-corrected chi connectivity index (χ3v) is 3.32. The molecule has 2 rings (SSSR count). The number of benzene rings is 1. The molecule has 0 aliphatic rings. The molecule has 0 saturated carbocycles. The first-order valence-corrected chi connectivity index (χ1v) is 6.77. The van der Waals surface area contributed by atoms with E-state index in [0.29, 0.717) is 12.5 Å². The summed E-state index contributed by atoms with van der Waals surface area (Å²) in [5, 5.41) is 16.8. The van der Waals surface area contributed by atoms with Gasteiger partial charge in [0.1, 0.15) is 5.82 Å². The fourth-order valence-electron chi connectivity index (χ4n) is 2.15. The Morgan fingerprint density at radius 3 is 2.35 bits per heavy atom. The fourth-order valence-corrected chi connectivity index (χ4v) is 2.15. The van der Waals surface area contributed by atoms with Gasteiger partial charge in [-0.1, -0.05) is 38.1 Å². The standard InChI is InChI=1S/C15H22N4O/c1-10(2)14-13(16)15(19(3)18-14)17-8-11-4-6-12(9-20)7-5-11/h4-7,10,17,20H,8-9,16H2,1-3H3. The topological polar surface area (TPSA) is 76.1 Å². The highest BCUT2D eigenvalue weighted by Gasteiger charge is 2.15. The number of nitrogens with zero attached hydrogens (tertiary/aromatic N) is 2. The summed E-state index contributed by atoms with van der Waals surface area (Å²) in [5.41, 5.74) is 9.82. The van der Waals surface area contributed by atoms with Gasteiger partial charge in [0, 0.05) is 13.6 Å². The quantitative estimate of drug-likeness (QED) is 0.781. The Morgan fingerprint density at radius 2 is 1.85 bits per heavy atom. The molecule has 0 spiro atoms. The van der Waals surface area contributed by atoms with E-state index in [1.54, 1.807) is 4.68 Å². The molecule has 1 aromatic carbocycles. The highest BCUT2D eigenvalue weighted by Crippen LogP contribution is 2.27. The van der Waals surface area contributed by atoms with Crippen molar-refractivity contribution in [3.8, 4) is 0 Å². The van der Waals surface area contributed by atoms with Crippen LogP contribution in [0.25, 0.3) is 0 Å². The Balaban J connectivity index is 2.10. The number of aromatic nitrogens is 2. The van der Waals surface area contributed by atoms with Gasteiger partial charge in [-0.25, -0.2) is 0 Å². The number of nitrogens with two attached hydrogens (primary N) is 1. The first kappa shape index (κ1) is 14.4. The van der Waals surface area contributed by atoms with E-state index in [1.165, 1.54) is 0 Å². The number of anilines is 2. The van der Waals surface area contributed by atoms with Gasteiger partial charge in [-0.2, -0.15) is 5.10 Å². The summed E-state index contributed by atoms with van der Waals surface area (Å²) in [7, 11) is 1.89. The highest BCUT2D eigenvalue weighted by molar-refractivity contribution is 5.65. The minimum absolute atomic E-state index is 0.0696. The molecule has 0 bridgehead atoms. The molecule has 1 heterocycles. The number of nitrogen functional groups attached to an aromatic ring is 1. The number of aliphatic hydroxyl groups excluding tert-OH is 1. The Hall–Kier alpha value is -2.01. The Morgan fingerprint density at radius 1 is 1.25 bits per heavy atom. The zero-order valence-corrected chi connectivity index (χ0v) is 12.2. The second kappa shape index (κ2) is 5.96. The lowest BCUT2D eigenvalue weighted by atomic mass is 10.1. The first-order valence-electron chi connectivity index (χ1n) is 6.77. The maximum Gasteiger partial charge on any atom is 0.148 e. The van der Waals surface area contributed by atoms with E-state index in [4.69, 9.17) is 10.8 Å². The lowest BCUT2D eigenvalue weighted by Gasteiger charge is -2.08. The van der Waals surface area contributed by atoms with E-state index in [1.807, 2.05) is 31.3 Å². The van der Waals surface area contributed by atoms with Crippen molar-refractivity contribution < 1.29 is 5.11 Å². The predicted octanol–water partition coefficient (Wildman–Crippen LogP) is 2.23. The summed E-state index contributed by atoms with van der Waals surface area (Å²) in [6.45, 7) is 4.90. The molecule has 0 aliphatic heterocycles. The van der Waals surface area contributed by atoms with Crippen LogP contribution in [0.5, 0.6) is 0 Å². The third-order valence-electron chi connectivity index (χ3n) is 3.32. The average Bonchev–Trinajstić information content (AvgIpc) is 2.72. The molecule has 1 aromatic heterocycles. The molecule has 0 atom stereocenters. The van der Waals surface area contributed by atoms with Gasteiger partial charge in [-0.3, -0.25) is 4.68 Å². The van der Waals surface area contributed by atoms with Gasteiger partial charge in [0.15, 0.2) is 0 Å². The Labute approximate surface area is 119 Å². The molecule has 0 amide bonds. The summed E-state index contributed by atoms with van der Waals surface area (Å²) in [5.74, 6) is 1.15. The van der Waals surface area contributed by atoms with Crippen molar-refractivity contribution in [1.82, 2.24) is 9.78 Å². The fraction of sp³-hybridized carbons (Fsp3) is 0.400. The first-order chi connectivity index (χ1) is 9.52. The van der Waals surface area contributed by atoms with Crippen molar-refractivity contribution in [3.05, 3.63) is 41.1 Å². The summed E-state index contributed by atoms with van der Waals surface area (Å²) in [6.07, 6.45) is 0. The zero-order valence-electron chi connectivity index (χ0n) is 12.2. The second-order valence-electron chi connectivity index (χ2n) is 5.25. The highest BCUT2D eigenvalue weighted by atomic mass is 16.3. The molecule has 5 heteroatoms. The van der Waals surface area contributed by atoms with Crippen LogP contribution in [0.2, 0.25) is 0 Å². The minimum Gasteiger partial charge on any atom is -0.394 e. The molecule has 0 saturated heterocycles. The van der Waals surface area contributed by atoms with Crippen LogP contribution in [-0.2, 0) is 20.2 Å². The van der Waals surface area contributed by atoms with Gasteiger partial charge in [-0.05, 0) is 17.0 Å². The Bertz CT molecular complexity index is 572. The second-order valence-corrected chi connectivity index (χ2v) is 5.25. The molecule has 0 aliphatic carbocycles. The monoisotopic (exact) mass is 274 g/mol.